The van der Waals surface area contributed by atoms with Crippen molar-refractivity contribution >= 4 is 16.5 Å². The highest BCUT2D eigenvalue weighted by molar-refractivity contribution is 7.85. The van der Waals surface area contributed by atoms with Crippen molar-refractivity contribution in [1.29, 1.82) is 0 Å². The van der Waals surface area contributed by atoms with E-state index in [9.17, 15) is 17.4 Å². The zero-order valence-electron chi connectivity index (χ0n) is 11.2. The van der Waals surface area contributed by atoms with Crippen LogP contribution in [0.4, 0.5) is 18.9 Å². The number of benzene rings is 1. The lowest BCUT2D eigenvalue weighted by molar-refractivity contribution is -0.137. The number of hydrogen-bond acceptors (Lipinski definition) is 2. The van der Waals surface area contributed by atoms with Crippen LogP contribution in [-0.2, 0) is 17.0 Å². The van der Waals surface area contributed by atoms with Crippen molar-refractivity contribution in [2.45, 2.75) is 38.3 Å². The Kier molecular flexibility index (Phi) is 4.66. The Hall–Kier alpha value is -1.04. The van der Waals surface area contributed by atoms with Gasteiger partial charge in [0.1, 0.15) is 0 Å². The molecular weight excluding hydrogens is 275 g/mol. The molecule has 0 aliphatic rings. The lowest BCUT2D eigenvalue weighted by Gasteiger charge is -2.18. The van der Waals surface area contributed by atoms with Crippen LogP contribution in [0.25, 0.3) is 0 Å². The van der Waals surface area contributed by atoms with Gasteiger partial charge in [-0.05, 0) is 30.0 Å². The number of rotatable bonds is 3. The van der Waals surface area contributed by atoms with Crippen molar-refractivity contribution in [2.24, 2.45) is 5.41 Å². The maximum Gasteiger partial charge on any atom is 0.416 e. The molecule has 19 heavy (non-hydrogen) atoms. The summed E-state index contributed by atoms with van der Waals surface area (Å²) in [6.07, 6.45) is -3.72. The molecule has 0 heterocycles. The first kappa shape index (κ1) is 16.0. The molecular formula is C13H18F3NOS. The van der Waals surface area contributed by atoms with Crippen LogP contribution in [0.5, 0.6) is 0 Å². The number of nitrogens with two attached hydrogens (primary N) is 1. The highest BCUT2D eigenvalue weighted by atomic mass is 32.2. The molecule has 1 aromatic rings. The highest BCUT2D eigenvalue weighted by Crippen LogP contribution is 2.32. The van der Waals surface area contributed by atoms with Crippen molar-refractivity contribution in [3.63, 3.8) is 0 Å². The predicted molar refractivity (Wildman–Crippen MR) is 71.2 cm³/mol. The average molecular weight is 293 g/mol. The van der Waals surface area contributed by atoms with E-state index in [4.69, 9.17) is 5.73 Å². The summed E-state index contributed by atoms with van der Waals surface area (Å²) in [4.78, 5) is 0.275. The van der Waals surface area contributed by atoms with Crippen molar-refractivity contribution in [2.75, 3.05) is 11.5 Å². The fourth-order valence-electron chi connectivity index (χ4n) is 1.44. The summed E-state index contributed by atoms with van der Waals surface area (Å²) in [5.41, 5.74) is 4.70. The molecule has 0 saturated carbocycles. The zero-order valence-corrected chi connectivity index (χ0v) is 12.0. The first-order chi connectivity index (χ1) is 8.50. The molecule has 0 bridgehead atoms. The highest BCUT2D eigenvalue weighted by Gasteiger charge is 2.31. The Morgan fingerprint density at radius 2 is 1.79 bits per heavy atom. The Morgan fingerprint density at radius 3 is 2.21 bits per heavy atom. The number of hydrogen-bond donors (Lipinski definition) is 1. The minimum absolute atomic E-state index is 0.0241. The zero-order chi connectivity index (χ0) is 14.8. The topological polar surface area (TPSA) is 43.1 Å². The Labute approximate surface area is 113 Å². The fourth-order valence-corrected chi connectivity index (χ4v) is 3.00. The maximum absolute atomic E-state index is 12.5. The average Bonchev–Trinajstić information content (AvgIpc) is 2.23. The predicted octanol–water partition coefficient (Wildman–Crippen LogP) is 3.83. The summed E-state index contributed by atoms with van der Waals surface area (Å²) < 4.78 is 49.4. The van der Waals surface area contributed by atoms with Crippen LogP contribution in [0.1, 0.15) is 32.8 Å². The van der Waals surface area contributed by atoms with Gasteiger partial charge in [0.05, 0.1) is 21.3 Å². The minimum atomic E-state index is -4.43. The molecule has 1 rings (SSSR count). The third-order valence-electron chi connectivity index (χ3n) is 2.62. The Balaban J connectivity index is 2.88. The van der Waals surface area contributed by atoms with E-state index in [1.54, 1.807) is 0 Å². The summed E-state index contributed by atoms with van der Waals surface area (Å²) in [7, 11) is -1.37. The van der Waals surface area contributed by atoms with Crippen LogP contribution in [0.15, 0.2) is 23.1 Å². The third kappa shape index (κ3) is 4.86. The number of halogens is 3. The summed E-state index contributed by atoms with van der Waals surface area (Å²) in [6, 6.07) is 2.96. The SMILES string of the molecule is CC(C)(C)CCS(=O)c1ccc(C(F)(F)F)cc1N. The van der Waals surface area contributed by atoms with Crippen LogP contribution in [-0.4, -0.2) is 9.96 Å². The minimum Gasteiger partial charge on any atom is -0.398 e. The van der Waals surface area contributed by atoms with E-state index < -0.39 is 22.5 Å². The maximum atomic E-state index is 12.5. The molecule has 0 aromatic heterocycles. The second-order valence-electron chi connectivity index (χ2n) is 5.61. The van der Waals surface area contributed by atoms with E-state index in [0.717, 1.165) is 12.1 Å². The Morgan fingerprint density at radius 1 is 1.21 bits per heavy atom. The van der Waals surface area contributed by atoms with Crippen molar-refractivity contribution in [3.8, 4) is 0 Å². The van der Waals surface area contributed by atoms with E-state index in [1.807, 2.05) is 20.8 Å². The molecule has 0 radical (unpaired) electrons. The number of anilines is 1. The lowest BCUT2D eigenvalue weighted by Crippen LogP contribution is -2.12. The first-order valence-electron chi connectivity index (χ1n) is 5.86. The van der Waals surface area contributed by atoms with Crippen LogP contribution in [0.3, 0.4) is 0 Å². The van der Waals surface area contributed by atoms with E-state index in [-0.39, 0.29) is 16.0 Å². The van der Waals surface area contributed by atoms with Gasteiger partial charge >= 0.3 is 6.18 Å². The van der Waals surface area contributed by atoms with Gasteiger partial charge in [0.25, 0.3) is 0 Å². The van der Waals surface area contributed by atoms with Crippen LogP contribution in [0, 0.1) is 5.41 Å². The number of nitrogen functional groups attached to an aromatic ring is 1. The van der Waals surface area contributed by atoms with Gasteiger partial charge in [-0.2, -0.15) is 13.2 Å². The summed E-state index contributed by atoms with van der Waals surface area (Å²) in [5, 5.41) is 0. The van der Waals surface area contributed by atoms with Gasteiger partial charge in [0, 0.05) is 11.4 Å². The van der Waals surface area contributed by atoms with Gasteiger partial charge in [0.2, 0.25) is 0 Å². The van der Waals surface area contributed by atoms with E-state index >= 15 is 0 Å². The second kappa shape index (κ2) is 5.53. The van der Waals surface area contributed by atoms with Gasteiger partial charge in [-0.25, -0.2) is 0 Å². The lowest BCUT2D eigenvalue weighted by atomic mass is 9.94. The van der Waals surface area contributed by atoms with E-state index in [0.29, 0.717) is 12.2 Å². The molecule has 1 atom stereocenters. The Bertz CT molecular complexity index is 478. The molecule has 0 fully saturated rings. The van der Waals surface area contributed by atoms with Crippen molar-refractivity contribution in [1.82, 2.24) is 0 Å². The molecule has 0 aliphatic carbocycles. The first-order valence-corrected chi connectivity index (χ1v) is 7.18. The van der Waals surface area contributed by atoms with Crippen LogP contribution in [0.2, 0.25) is 0 Å². The summed E-state index contributed by atoms with van der Waals surface area (Å²) >= 11 is 0. The molecule has 0 amide bonds. The van der Waals surface area contributed by atoms with Gasteiger partial charge in [-0.1, -0.05) is 20.8 Å². The third-order valence-corrected chi connectivity index (χ3v) is 4.06. The summed E-state index contributed by atoms with van der Waals surface area (Å²) in [5.74, 6) is 0.388. The fraction of sp³-hybridized carbons (Fsp3) is 0.538. The quantitative estimate of drug-likeness (QED) is 0.861. The normalized spacial score (nSPS) is 14.4. The smallest absolute Gasteiger partial charge is 0.398 e. The van der Waals surface area contributed by atoms with Crippen molar-refractivity contribution in [3.05, 3.63) is 23.8 Å². The standard InChI is InChI=1S/C13H18F3NOS/c1-12(2,3)6-7-19(18)11-5-4-9(8-10(11)17)13(14,15)16/h4-5,8H,6-7,17H2,1-3H3. The van der Waals surface area contributed by atoms with Gasteiger partial charge in [-0.3, -0.25) is 4.21 Å². The molecule has 0 saturated heterocycles. The molecule has 2 N–H and O–H groups in total. The van der Waals surface area contributed by atoms with Crippen LogP contribution >= 0.6 is 0 Å². The number of alkyl halides is 3. The second-order valence-corrected chi connectivity index (χ2v) is 7.15. The van der Waals surface area contributed by atoms with Gasteiger partial charge in [-0.15, -0.1) is 0 Å². The molecule has 6 heteroatoms. The summed E-state index contributed by atoms with van der Waals surface area (Å²) in [6.45, 7) is 6.04. The van der Waals surface area contributed by atoms with Crippen molar-refractivity contribution < 1.29 is 17.4 Å². The van der Waals surface area contributed by atoms with Gasteiger partial charge in [0.15, 0.2) is 0 Å². The molecule has 1 unspecified atom stereocenters. The molecule has 2 nitrogen and oxygen atoms in total. The molecule has 0 spiro atoms. The van der Waals surface area contributed by atoms with E-state index in [2.05, 4.69) is 0 Å². The largest absolute Gasteiger partial charge is 0.416 e. The van der Waals surface area contributed by atoms with Gasteiger partial charge < -0.3 is 5.73 Å². The van der Waals surface area contributed by atoms with Crippen LogP contribution < -0.4 is 5.73 Å². The monoisotopic (exact) mass is 293 g/mol. The molecule has 0 aliphatic heterocycles. The molecule has 108 valence electrons. The molecule has 1 aromatic carbocycles. The van der Waals surface area contributed by atoms with E-state index in [1.165, 1.54) is 6.07 Å².